The Bertz CT molecular complexity index is 509. The predicted octanol–water partition coefficient (Wildman–Crippen LogP) is 0.836. The minimum atomic E-state index is -0.645. The van der Waals surface area contributed by atoms with Gasteiger partial charge in [-0.3, -0.25) is 4.21 Å². The van der Waals surface area contributed by atoms with Crippen LogP contribution in [0.3, 0.4) is 0 Å². The minimum Gasteiger partial charge on any atom is -0.357 e. The van der Waals surface area contributed by atoms with E-state index in [1.807, 2.05) is 7.05 Å². The van der Waals surface area contributed by atoms with Crippen LogP contribution in [0.15, 0.2) is 0 Å². The molecule has 116 valence electrons. The molecule has 1 aromatic heterocycles. The van der Waals surface area contributed by atoms with Crippen molar-refractivity contribution in [1.29, 1.82) is 0 Å². The van der Waals surface area contributed by atoms with Gasteiger partial charge in [-0.25, -0.2) is 0 Å². The highest BCUT2D eigenvalue weighted by Crippen LogP contribution is 2.20. The lowest BCUT2D eigenvalue weighted by Gasteiger charge is -2.23. The predicted molar refractivity (Wildman–Crippen MR) is 85.3 cm³/mol. The van der Waals surface area contributed by atoms with E-state index in [4.69, 9.17) is 0 Å². The van der Waals surface area contributed by atoms with Crippen LogP contribution in [-0.2, 0) is 10.8 Å². The zero-order chi connectivity index (χ0) is 14.7. The first-order valence-electron chi connectivity index (χ1n) is 7.55. The van der Waals surface area contributed by atoms with Gasteiger partial charge in [0.1, 0.15) is 0 Å². The number of aromatic nitrogens is 3. The van der Waals surface area contributed by atoms with Crippen LogP contribution in [0.5, 0.6) is 0 Å². The van der Waals surface area contributed by atoms with E-state index in [-0.39, 0.29) is 0 Å². The van der Waals surface area contributed by atoms with E-state index < -0.39 is 10.8 Å². The zero-order valence-corrected chi connectivity index (χ0v) is 13.2. The Hall–Kier alpha value is -1.44. The lowest BCUT2D eigenvalue weighted by molar-refractivity contribution is 0.620. The molecule has 2 fully saturated rings. The van der Waals surface area contributed by atoms with Crippen LogP contribution >= 0.6 is 0 Å². The van der Waals surface area contributed by atoms with Crippen molar-refractivity contribution in [1.82, 2.24) is 15.0 Å². The molecule has 0 spiro atoms. The van der Waals surface area contributed by atoms with Crippen molar-refractivity contribution in [2.75, 3.05) is 47.2 Å². The summed E-state index contributed by atoms with van der Waals surface area (Å²) in [5.74, 6) is 3.48. The average molecular weight is 310 g/mol. The second kappa shape index (κ2) is 6.55. The molecule has 8 heteroatoms. The fourth-order valence-electron chi connectivity index (χ4n) is 2.72. The summed E-state index contributed by atoms with van der Waals surface area (Å²) >= 11 is 0. The van der Waals surface area contributed by atoms with Crippen molar-refractivity contribution >= 4 is 28.6 Å². The number of hydrogen-bond acceptors (Lipinski definition) is 7. The molecule has 0 unspecified atom stereocenters. The minimum absolute atomic E-state index is 0.307. The number of nitrogens with zero attached hydrogens (tertiary/aromatic N) is 4. The highest BCUT2D eigenvalue weighted by molar-refractivity contribution is 7.85. The Kier molecular flexibility index (Phi) is 4.52. The standard InChI is InChI=1S/C13H22N6OS/c1-14-11-16-12(15-10-4-8-21(20)9-5-10)18-13(17-11)19-6-2-3-7-19/h10H,2-9H2,1H3,(H2,14,15,16,17,18). The largest absolute Gasteiger partial charge is 0.357 e. The maximum atomic E-state index is 11.4. The fraction of sp³-hybridized carbons (Fsp3) is 0.769. The first-order chi connectivity index (χ1) is 10.2. The molecule has 1 aromatic rings. The molecule has 2 N–H and O–H groups in total. The van der Waals surface area contributed by atoms with Gasteiger partial charge in [0.25, 0.3) is 0 Å². The number of anilines is 3. The smallest absolute Gasteiger partial charge is 0.231 e. The fourth-order valence-corrected chi connectivity index (χ4v) is 4.02. The Labute approximate surface area is 127 Å². The Morgan fingerprint density at radius 1 is 1.10 bits per heavy atom. The SMILES string of the molecule is CNc1nc(NC2CCS(=O)CC2)nc(N2CCCC2)n1. The van der Waals surface area contributed by atoms with Crippen molar-refractivity contribution in [3.05, 3.63) is 0 Å². The lowest BCUT2D eigenvalue weighted by atomic mass is 10.2. The Balaban J connectivity index is 1.74. The van der Waals surface area contributed by atoms with Crippen LogP contribution in [0.25, 0.3) is 0 Å². The van der Waals surface area contributed by atoms with E-state index in [1.165, 1.54) is 12.8 Å². The van der Waals surface area contributed by atoms with E-state index in [9.17, 15) is 4.21 Å². The van der Waals surface area contributed by atoms with E-state index in [2.05, 4.69) is 30.5 Å². The number of rotatable bonds is 4. The highest BCUT2D eigenvalue weighted by atomic mass is 32.2. The maximum absolute atomic E-state index is 11.4. The summed E-state index contributed by atoms with van der Waals surface area (Å²) < 4.78 is 11.4. The second-order valence-corrected chi connectivity index (χ2v) is 7.19. The summed E-state index contributed by atoms with van der Waals surface area (Å²) in [5, 5.41) is 6.37. The zero-order valence-electron chi connectivity index (χ0n) is 12.3. The molecule has 0 saturated carbocycles. The van der Waals surface area contributed by atoms with Crippen molar-refractivity contribution in [3.63, 3.8) is 0 Å². The summed E-state index contributed by atoms with van der Waals surface area (Å²) in [6.45, 7) is 2.02. The summed E-state index contributed by atoms with van der Waals surface area (Å²) in [6, 6.07) is 0.307. The van der Waals surface area contributed by atoms with E-state index in [1.54, 1.807) is 0 Å². The first kappa shape index (κ1) is 14.5. The van der Waals surface area contributed by atoms with Crippen LogP contribution in [0.1, 0.15) is 25.7 Å². The lowest BCUT2D eigenvalue weighted by Crippen LogP contribution is -2.30. The van der Waals surface area contributed by atoms with Gasteiger partial charge in [0, 0.05) is 48.5 Å². The second-order valence-electron chi connectivity index (χ2n) is 5.49. The molecular weight excluding hydrogens is 288 g/mol. The summed E-state index contributed by atoms with van der Waals surface area (Å²) in [6.07, 6.45) is 4.20. The molecule has 0 radical (unpaired) electrons. The van der Waals surface area contributed by atoms with Crippen LogP contribution in [0.2, 0.25) is 0 Å². The van der Waals surface area contributed by atoms with Gasteiger partial charge >= 0.3 is 0 Å². The number of hydrogen-bond donors (Lipinski definition) is 2. The van der Waals surface area contributed by atoms with E-state index in [0.717, 1.165) is 43.4 Å². The summed E-state index contributed by atoms with van der Waals surface area (Å²) in [7, 11) is 1.17. The third-order valence-corrected chi connectivity index (χ3v) is 5.34. The van der Waals surface area contributed by atoms with Gasteiger partial charge in [0.05, 0.1) is 0 Å². The van der Waals surface area contributed by atoms with Crippen LogP contribution in [0, 0.1) is 0 Å². The molecule has 2 aliphatic rings. The third-order valence-electron chi connectivity index (χ3n) is 3.96. The molecule has 0 aromatic carbocycles. The molecule has 21 heavy (non-hydrogen) atoms. The van der Waals surface area contributed by atoms with Gasteiger partial charge < -0.3 is 15.5 Å². The van der Waals surface area contributed by atoms with Crippen LogP contribution < -0.4 is 15.5 Å². The van der Waals surface area contributed by atoms with Crippen LogP contribution in [-0.4, -0.2) is 56.8 Å². The molecular formula is C13H22N6OS. The normalized spacial score (nSPS) is 25.9. The van der Waals surface area contributed by atoms with Gasteiger partial charge in [0.15, 0.2) is 0 Å². The van der Waals surface area contributed by atoms with Gasteiger partial charge in [-0.05, 0) is 25.7 Å². The Morgan fingerprint density at radius 2 is 1.76 bits per heavy atom. The average Bonchev–Trinajstić information content (AvgIpc) is 3.04. The molecule has 3 heterocycles. The van der Waals surface area contributed by atoms with Crippen molar-refractivity contribution < 1.29 is 4.21 Å². The molecule has 2 saturated heterocycles. The molecule has 0 bridgehead atoms. The maximum Gasteiger partial charge on any atom is 0.231 e. The molecule has 7 nitrogen and oxygen atoms in total. The molecule has 3 rings (SSSR count). The third kappa shape index (κ3) is 3.61. The summed E-state index contributed by atoms with van der Waals surface area (Å²) in [4.78, 5) is 15.6. The summed E-state index contributed by atoms with van der Waals surface area (Å²) in [5.41, 5.74) is 0. The van der Waals surface area contributed by atoms with Gasteiger partial charge in [0.2, 0.25) is 17.8 Å². The molecule has 2 aliphatic heterocycles. The Morgan fingerprint density at radius 3 is 2.43 bits per heavy atom. The topological polar surface area (TPSA) is 83.0 Å². The first-order valence-corrected chi connectivity index (χ1v) is 9.03. The van der Waals surface area contributed by atoms with Crippen molar-refractivity contribution in [3.8, 4) is 0 Å². The molecule has 0 atom stereocenters. The van der Waals surface area contributed by atoms with Crippen LogP contribution in [0.4, 0.5) is 17.8 Å². The quantitative estimate of drug-likeness (QED) is 0.852. The van der Waals surface area contributed by atoms with Crippen molar-refractivity contribution in [2.45, 2.75) is 31.7 Å². The number of nitrogens with one attached hydrogen (secondary N) is 2. The van der Waals surface area contributed by atoms with Gasteiger partial charge in [-0.1, -0.05) is 0 Å². The van der Waals surface area contributed by atoms with E-state index >= 15 is 0 Å². The van der Waals surface area contributed by atoms with Gasteiger partial charge in [-0.15, -0.1) is 0 Å². The highest BCUT2D eigenvalue weighted by Gasteiger charge is 2.21. The van der Waals surface area contributed by atoms with Gasteiger partial charge in [-0.2, -0.15) is 15.0 Å². The molecule has 0 amide bonds. The van der Waals surface area contributed by atoms with E-state index in [0.29, 0.717) is 17.9 Å². The van der Waals surface area contributed by atoms with Crippen molar-refractivity contribution in [2.24, 2.45) is 0 Å². The monoisotopic (exact) mass is 310 g/mol. The molecule has 0 aliphatic carbocycles.